The number of rotatable bonds is 26. The Morgan fingerprint density at radius 3 is 2.12 bits per heavy atom. The molecule has 25 heteroatoms. The normalized spacial score (nSPS) is 14.1. The topological polar surface area (TPSA) is 270 Å². The number of nitrogens with one attached hydrogen (secondary N) is 6. The summed E-state index contributed by atoms with van der Waals surface area (Å²) in [4.78, 5) is 104. The maximum absolute atomic E-state index is 13.2. The Morgan fingerprint density at radius 2 is 1.43 bits per heavy atom. The van der Waals surface area contributed by atoms with Crippen LogP contribution in [0.3, 0.4) is 0 Å². The van der Waals surface area contributed by atoms with E-state index in [1.54, 1.807) is 102 Å². The van der Waals surface area contributed by atoms with E-state index in [1.807, 2.05) is 0 Å². The number of nitrogens with zero attached hydrogens (tertiary/aromatic N) is 4. The molecule has 6 rings (SSSR count). The number of aromatic nitrogens is 2. The molecule has 0 aliphatic carbocycles. The Hall–Kier alpha value is -6.70. The van der Waals surface area contributed by atoms with Crippen molar-refractivity contribution in [2.75, 3.05) is 88.3 Å². The number of ether oxygens (including phenoxy) is 4. The predicted octanol–water partition coefficient (Wildman–Crippen LogP) is 5.95. The van der Waals surface area contributed by atoms with Crippen LogP contribution in [0, 0.1) is 11.8 Å². The summed E-state index contributed by atoms with van der Waals surface area (Å²) in [6, 6.07) is 19.2. The van der Waals surface area contributed by atoms with Crippen LogP contribution in [0.1, 0.15) is 49.0 Å². The highest BCUT2D eigenvalue weighted by Gasteiger charge is 2.35. The fourth-order valence-electron chi connectivity index (χ4n) is 7.59. The van der Waals surface area contributed by atoms with Crippen LogP contribution in [0.25, 0.3) is 5.69 Å². The first kappa shape index (κ1) is 58.6. The van der Waals surface area contributed by atoms with Crippen molar-refractivity contribution in [3.63, 3.8) is 0 Å². The first-order valence-corrected chi connectivity index (χ1v) is 26.3. The maximum atomic E-state index is 13.2. The van der Waals surface area contributed by atoms with Gasteiger partial charge in [0.25, 0.3) is 17.7 Å². The van der Waals surface area contributed by atoms with E-state index in [1.165, 1.54) is 6.20 Å². The van der Waals surface area contributed by atoms with Gasteiger partial charge in [-0.05, 0) is 105 Å². The van der Waals surface area contributed by atoms with E-state index in [9.17, 15) is 38.4 Å². The third-order valence-electron chi connectivity index (χ3n) is 11.8. The zero-order valence-corrected chi connectivity index (χ0v) is 45.7. The summed E-state index contributed by atoms with van der Waals surface area (Å²) in [6.45, 7) is 5.91. The van der Waals surface area contributed by atoms with Crippen LogP contribution in [0.4, 0.5) is 26.7 Å². The van der Waals surface area contributed by atoms with Crippen molar-refractivity contribution in [1.82, 2.24) is 35.5 Å². The van der Waals surface area contributed by atoms with E-state index in [-0.39, 0.29) is 92.5 Å². The molecule has 4 aromatic rings. The van der Waals surface area contributed by atoms with Gasteiger partial charge in [0.2, 0.25) is 17.7 Å². The SMILES string of the molecule is CC(C)C(NC(=O)CCOCCOCCOCCN1C(=O)C(Br)=C(Br)C1=O)C(=O)NCC(=O)Nc1ccc(COC(=O)N2CCC(CNC(=O)c3cccc(-n4cc(NC(=O)Nc5ccccc5Cl)cn4)c3)CC2)cc1. The molecular weight excluding hydrogens is 1140 g/mol. The van der Waals surface area contributed by atoms with E-state index in [0.29, 0.717) is 71.4 Å². The predicted molar refractivity (Wildman–Crippen MR) is 288 cm³/mol. The second kappa shape index (κ2) is 29.6. The third-order valence-corrected chi connectivity index (χ3v) is 14.1. The van der Waals surface area contributed by atoms with Crippen LogP contribution < -0.4 is 31.9 Å². The Balaban J connectivity index is 0.793. The van der Waals surface area contributed by atoms with E-state index in [2.05, 4.69) is 68.9 Å². The van der Waals surface area contributed by atoms with Crippen LogP contribution in [0.2, 0.25) is 5.02 Å². The minimum absolute atomic E-state index is 0.000467. The number of imide groups is 1. The first-order chi connectivity index (χ1) is 36.6. The molecule has 3 heterocycles. The van der Waals surface area contributed by atoms with Crippen molar-refractivity contribution < 1.29 is 57.3 Å². The van der Waals surface area contributed by atoms with Gasteiger partial charge in [0.1, 0.15) is 21.6 Å². The van der Waals surface area contributed by atoms with Crippen LogP contribution >= 0.6 is 43.5 Å². The molecule has 0 saturated carbocycles. The van der Waals surface area contributed by atoms with Crippen molar-refractivity contribution in [3.8, 4) is 5.69 Å². The molecule has 1 aromatic heterocycles. The molecule has 2 aliphatic rings. The first-order valence-electron chi connectivity index (χ1n) is 24.3. The highest BCUT2D eigenvalue weighted by atomic mass is 79.9. The molecular formula is C51H59Br2ClN10O12. The number of benzene rings is 3. The molecule has 1 saturated heterocycles. The molecule has 76 heavy (non-hydrogen) atoms. The molecule has 0 bridgehead atoms. The van der Waals surface area contributed by atoms with Crippen molar-refractivity contribution in [2.24, 2.45) is 11.8 Å². The number of urea groups is 1. The van der Waals surface area contributed by atoms with Gasteiger partial charge in [-0.3, -0.25) is 33.7 Å². The van der Waals surface area contributed by atoms with E-state index in [4.69, 9.17) is 30.5 Å². The Morgan fingerprint density at radius 1 is 0.763 bits per heavy atom. The third kappa shape index (κ3) is 18.0. The van der Waals surface area contributed by atoms with Gasteiger partial charge in [0.15, 0.2) is 0 Å². The highest BCUT2D eigenvalue weighted by Crippen LogP contribution is 2.29. The van der Waals surface area contributed by atoms with Crippen LogP contribution in [0.5, 0.6) is 0 Å². The summed E-state index contributed by atoms with van der Waals surface area (Å²) in [5.41, 5.74) is 3.13. The quantitative estimate of drug-likeness (QED) is 0.0314. The zero-order valence-electron chi connectivity index (χ0n) is 41.7. The fourth-order valence-corrected chi connectivity index (χ4v) is 8.54. The van der Waals surface area contributed by atoms with Crippen molar-refractivity contribution in [2.45, 2.75) is 45.8 Å². The molecule has 22 nitrogen and oxygen atoms in total. The van der Waals surface area contributed by atoms with Gasteiger partial charge in [0.05, 0.1) is 87.2 Å². The van der Waals surface area contributed by atoms with Gasteiger partial charge in [0, 0.05) is 37.3 Å². The lowest BCUT2D eigenvalue weighted by Crippen LogP contribution is -2.51. The minimum atomic E-state index is -0.887. The van der Waals surface area contributed by atoms with Gasteiger partial charge in [-0.25, -0.2) is 14.3 Å². The van der Waals surface area contributed by atoms with E-state index < -0.39 is 47.7 Å². The number of amides is 9. The molecule has 0 radical (unpaired) electrons. The lowest BCUT2D eigenvalue weighted by molar-refractivity contribution is -0.138. The lowest BCUT2D eigenvalue weighted by atomic mass is 9.97. The standard InChI is InChI=1S/C51H59Br2ClN10O12/c1-32(2)45(61-41(65)16-20-73-22-24-75-25-23-74-21-19-63-48(69)43(52)44(53)49(63)70)47(68)56-29-42(66)58-36-12-10-34(11-13-36)31-76-51(72)62-17-14-33(15-18-62)27-55-46(67)35-6-5-7-38(26-35)64-30-37(28-57-64)59-50(71)60-40-9-4-3-8-39(40)54/h3-13,26,28,30,32-33,45H,14-25,27,29,31H2,1-2H3,(H,55,67)(H,56,68)(H,58,66)(H,61,65)(H2,59,60,71). The second-order valence-corrected chi connectivity index (χ2v) is 19.7. The number of carbonyl (C=O) groups excluding carboxylic acids is 8. The molecule has 1 unspecified atom stereocenters. The largest absolute Gasteiger partial charge is 0.445 e. The number of carbonyl (C=O) groups is 8. The summed E-state index contributed by atoms with van der Waals surface area (Å²) in [7, 11) is 0. The Kier molecular flexibility index (Phi) is 22.8. The molecule has 2 aliphatic heterocycles. The summed E-state index contributed by atoms with van der Waals surface area (Å²) in [5.74, 6) is -2.62. The number of piperidine rings is 1. The molecule has 3 aromatic carbocycles. The lowest BCUT2D eigenvalue weighted by Gasteiger charge is -2.31. The van der Waals surface area contributed by atoms with Crippen molar-refractivity contribution in [3.05, 3.63) is 110 Å². The van der Waals surface area contributed by atoms with E-state index in [0.717, 1.165) is 4.90 Å². The summed E-state index contributed by atoms with van der Waals surface area (Å²) >= 11 is 12.3. The number of para-hydroxylation sites is 1. The maximum Gasteiger partial charge on any atom is 0.410 e. The fraction of sp³-hybridized carbons (Fsp3) is 0.392. The average Bonchev–Trinajstić information content (AvgIpc) is 3.95. The number of hydrogen-bond acceptors (Lipinski definition) is 13. The van der Waals surface area contributed by atoms with Crippen LogP contribution in [-0.4, -0.2) is 146 Å². The average molecular weight is 1200 g/mol. The van der Waals surface area contributed by atoms with E-state index >= 15 is 0 Å². The molecule has 1 atom stereocenters. The molecule has 406 valence electrons. The summed E-state index contributed by atoms with van der Waals surface area (Å²) in [6.07, 6.45) is 4.01. The molecule has 0 spiro atoms. The van der Waals surface area contributed by atoms with Gasteiger partial charge in [-0.1, -0.05) is 55.8 Å². The van der Waals surface area contributed by atoms with Gasteiger partial charge in [-0.2, -0.15) is 5.10 Å². The molecule has 1 fully saturated rings. The van der Waals surface area contributed by atoms with Crippen LogP contribution in [-0.2, 0) is 49.5 Å². The number of hydrogen-bond donors (Lipinski definition) is 6. The smallest absolute Gasteiger partial charge is 0.410 e. The monoisotopic (exact) mass is 1200 g/mol. The van der Waals surface area contributed by atoms with Gasteiger partial charge >= 0.3 is 12.1 Å². The second-order valence-electron chi connectivity index (χ2n) is 17.7. The van der Waals surface area contributed by atoms with Crippen molar-refractivity contribution in [1.29, 1.82) is 0 Å². The molecule has 9 amide bonds. The molecule has 6 N–H and O–H groups in total. The number of likely N-dealkylation sites (tertiary alicyclic amines) is 1. The Bertz CT molecular complexity index is 2710. The van der Waals surface area contributed by atoms with Gasteiger partial charge < -0.3 is 55.7 Å². The minimum Gasteiger partial charge on any atom is -0.445 e. The summed E-state index contributed by atoms with van der Waals surface area (Å²) in [5, 5.41) is 21.1. The Labute approximate surface area is 460 Å². The van der Waals surface area contributed by atoms with Gasteiger partial charge in [-0.15, -0.1) is 0 Å². The van der Waals surface area contributed by atoms with Crippen molar-refractivity contribution >= 4 is 108 Å². The summed E-state index contributed by atoms with van der Waals surface area (Å²) < 4.78 is 23.8. The number of anilines is 3. The highest BCUT2D eigenvalue weighted by molar-refractivity contribution is 9.14. The van der Waals surface area contributed by atoms with Crippen LogP contribution in [0.15, 0.2) is 94.2 Å². The number of halogens is 3. The zero-order chi connectivity index (χ0) is 54.6.